The molecule has 1 saturated carbocycles. The van der Waals surface area contributed by atoms with Crippen LogP contribution < -0.4 is 11.1 Å². The first kappa shape index (κ1) is 17.3. The molecule has 5 heteroatoms. The molecule has 0 unspecified atom stereocenters. The number of carbonyl (C=O) groups excluding carboxylic acids is 1. The van der Waals surface area contributed by atoms with E-state index in [1.54, 1.807) is 0 Å². The number of anilines is 1. The summed E-state index contributed by atoms with van der Waals surface area (Å²) in [4.78, 5) is 12.0. The number of amides is 1. The van der Waals surface area contributed by atoms with Crippen LogP contribution in [0.4, 0.5) is 5.82 Å². The maximum absolute atomic E-state index is 12.0. The number of fused-ring (bicyclic) bond motifs is 1. The summed E-state index contributed by atoms with van der Waals surface area (Å²) < 4.78 is 2.10. The highest BCUT2D eigenvalue weighted by Crippen LogP contribution is 2.43. The topological polar surface area (TPSA) is 72.9 Å². The summed E-state index contributed by atoms with van der Waals surface area (Å²) in [5.74, 6) is 3.01. The van der Waals surface area contributed by atoms with Gasteiger partial charge in [-0.25, -0.2) is 4.68 Å². The van der Waals surface area contributed by atoms with E-state index in [2.05, 4.69) is 37.7 Å². The number of rotatable bonds is 4. The van der Waals surface area contributed by atoms with Gasteiger partial charge in [0.05, 0.1) is 11.7 Å². The molecule has 0 radical (unpaired) electrons. The van der Waals surface area contributed by atoms with Crippen molar-refractivity contribution in [1.82, 2.24) is 9.78 Å². The minimum Gasteiger partial charge on any atom is -0.370 e. The summed E-state index contributed by atoms with van der Waals surface area (Å²) in [7, 11) is 0. The molecule has 1 aliphatic heterocycles. The maximum Gasteiger partial charge on any atom is 0.254 e. The van der Waals surface area contributed by atoms with Crippen molar-refractivity contribution < 1.29 is 4.79 Å². The molecule has 3 N–H and O–H groups in total. The van der Waals surface area contributed by atoms with Gasteiger partial charge in [0.1, 0.15) is 11.4 Å². The van der Waals surface area contributed by atoms with Crippen LogP contribution in [0.2, 0.25) is 0 Å². The molecule has 0 bridgehead atoms. The lowest BCUT2D eigenvalue weighted by Gasteiger charge is -2.38. The van der Waals surface area contributed by atoms with Crippen LogP contribution >= 0.6 is 0 Å². The third kappa shape index (κ3) is 3.05. The molecule has 1 aromatic heterocycles. The van der Waals surface area contributed by atoms with Crippen LogP contribution in [-0.2, 0) is 0 Å². The van der Waals surface area contributed by atoms with Crippen molar-refractivity contribution >= 4 is 11.7 Å². The highest BCUT2D eigenvalue weighted by Gasteiger charge is 2.35. The van der Waals surface area contributed by atoms with E-state index in [1.165, 1.54) is 25.7 Å². The van der Waals surface area contributed by atoms with Crippen LogP contribution in [0.5, 0.6) is 0 Å². The monoisotopic (exact) mass is 332 g/mol. The van der Waals surface area contributed by atoms with Gasteiger partial charge in [-0.15, -0.1) is 0 Å². The predicted octanol–water partition coefficient (Wildman–Crippen LogP) is 3.92. The molecule has 1 atom stereocenters. The standard InChI is InChI=1S/C19H32N4O/c1-11(2)13-5-7-14(8-6-13)15-9-10-21-19-16(18(20)24)17(12(3)4)22-23(15)19/h11-15,21H,5-10H2,1-4H3,(H2,20,24)/t13?,14?,15-/m1/s1. The van der Waals surface area contributed by atoms with Gasteiger partial charge in [0.25, 0.3) is 5.91 Å². The van der Waals surface area contributed by atoms with Gasteiger partial charge in [-0.05, 0) is 55.8 Å². The number of nitrogens with one attached hydrogen (secondary N) is 1. The first-order valence-corrected chi connectivity index (χ1v) is 9.56. The van der Waals surface area contributed by atoms with E-state index in [0.717, 1.165) is 36.3 Å². The third-order valence-electron chi connectivity index (χ3n) is 6.08. The van der Waals surface area contributed by atoms with Crippen molar-refractivity contribution in [1.29, 1.82) is 0 Å². The second kappa shape index (κ2) is 6.77. The smallest absolute Gasteiger partial charge is 0.254 e. The molecule has 0 spiro atoms. The van der Waals surface area contributed by atoms with Crippen LogP contribution in [0, 0.1) is 17.8 Å². The molecule has 3 rings (SSSR count). The quantitative estimate of drug-likeness (QED) is 0.877. The van der Waals surface area contributed by atoms with Gasteiger partial charge >= 0.3 is 0 Å². The fourth-order valence-electron chi connectivity index (χ4n) is 4.60. The zero-order chi connectivity index (χ0) is 17.4. The average molecular weight is 332 g/mol. The van der Waals surface area contributed by atoms with Crippen molar-refractivity contribution in [3.05, 3.63) is 11.3 Å². The van der Waals surface area contributed by atoms with Crippen molar-refractivity contribution in [3.8, 4) is 0 Å². The second-order valence-corrected chi connectivity index (χ2v) is 8.27. The molecule has 2 aliphatic rings. The third-order valence-corrected chi connectivity index (χ3v) is 6.08. The Labute approximate surface area is 145 Å². The predicted molar refractivity (Wildman–Crippen MR) is 97.3 cm³/mol. The van der Waals surface area contributed by atoms with Gasteiger partial charge in [0.15, 0.2) is 0 Å². The van der Waals surface area contributed by atoms with Crippen LogP contribution in [0.25, 0.3) is 0 Å². The lowest BCUT2D eigenvalue weighted by Crippen LogP contribution is -2.32. The molecule has 1 aliphatic carbocycles. The molecular formula is C19H32N4O. The lowest BCUT2D eigenvalue weighted by molar-refractivity contribution is 0.0999. The zero-order valence-corrected chi connectivity index (χ0v) is 15.5. The van der Waals surface area contributed by atoms with Crippen molar-refractivity contribution in [2.45, 2.75) is 71.8 Å². The van der Waals surface area contributed by atoms with Gasteiger partial charge in [0.2, 0.25) is 0 Å². The van der Waals surface area contributed by atoms with Gasteiger partial charge in [0, 0.05) is 6.54 Å². The van der Waals surface area contributed by atoms with E-state index >= 15 is 0 Å². The fraction of sp³-hybridized carbons (Fsp3) is 0.789. The number of carbonyl (C=O) groups is 1. The summed E-state index contributed by atoms with van der Waals surface area (Å²) in [5, 5.41) is 8.22. The van der Waals surface area contributed by atoms with Gasteiger partial charge in [-0.2, -0.15) is 5.10 Å². The lowest BCUT2D eigenvalue weighted by atomic mass is 9.74. The normalized spacial score (nSPS) is 27.2. The van der Waals surface area contributed by atoms with Gasteiger partial charge < -0.3 is 11.1 Å². The summed E-state index contributed by atoms with van der Waals surface area (Å²) in [5.41, 5.74) is 7.11. The van der Waals surface area contributed by atoms with Crippen LogP contribution in [0.15, 0.2) is 0 Å². The molecule has 0 aromatic carbocycles. The van der Waals surface area contributed by atoms with Crippen LogP contribution in [0.3, 0.4) is 0 Å². The second-order valence-electron chi connectivity index (χ2n) is 8.27. The summed E-state index contributed by atoms with van der Waals surface area (Å²) in [6, 6.07) is 0.403. The van der Waals surface area contributed by atoms with Crippen LogP contribution in [0.1, 0.15) is 87.8 Å². The first-order valence-electron chi connectivity index (χ1n) is 9.56. The summed E-state index contributed by atoms with van der Waals surface area (Å²) in [6.07, 6.45) is 6.28. The Kier molecular flexibility index (Phi) is 4.88. The van der Waals surface area contributed by atoms with Crippen molar-refractivity contribution in [2.24, 2.45) is 23.5 Å². The molecular weight excluding hydrogens is 300 g/mol. The minimum atomic E-state index is -0.364. The number of nitrogens with zero attached hydrogens (tertiary/aromatic N) is 2. The Balaban J connectivity index is 1.87. The van der Waals surface area contributed by atoms with E-state index in [9.17, 15) is 4.79 Å². The van der Waals surface area contributed by atoms with E-state index in [0.29, 0.717) is 17.5 Å². The van der Waals surface area contributed by atoms with Gasteiger partial charge in [-0.1, -0.05) is 27.7 Å². The first-order chi connectivity index (χ1) is 11.4. The van der Waals surface area contributed by atoms with Crippen molar-refractivity contribution in [3.63, 3.8) is 0 Å². The Morgan fingerprint density at radius 3 is 2.38 bits per heavy atom. The Morgan fingerprint density at radius 2 is 1.83 bits per heavy atom. The SMILES string of the molecule is CC(C)c1nn2c(c1C(N)=O)NCC[C@@H]2C1CCC(C(C)C)CC1. The molecule has 5 nitrogen and oxygen atoms in total. The molecule has 0 saturated heterocycles. The van der Waals surface area contributed by atoms with E-state index in [1.807, 2.05) is 0 Å². The van der Waals surface area contributed by atoms with E-state index in [-0.39, 0.29) is 11.8 Å². The summed E-state index contributed by atoms with van der Waals surface area (Å²) >= 11 is 0. The number of hydrogen-bond donors (Lipinski definition) is 2. The average Bonchev–Trinajstić information content (AvgIpc) is 2.94. The minimum absolute atomic E-state index is 0.199. The molecule has 134 valence electrons. The Hall–Kier alpha value is -1.52. The maximum atomic E-state index is 12.0. The molecule has 1 fully saturated rings. The largest absolute Gasteiger partial charge is 0.370 e. The molecule has 1 amide bonds. The van der Waals surface area contributed by atoms with Crippen LogP contribution in [-0.4, -0.2) is 22.2 Å². The van der Waals surface area contributed by atoms with Crippen molar-refractivity contribution in [2.75, 3.05) is 11.9 Å². The zero-order valence-electron chi connectivity index (χ0n) is 15.5. The number of primary amides is 1. The highest BCUT2D eigenvalue weighted by molar-refractivity contribution is 5.99. The van der Waals surface area contributed by atoms with Gasteiger partial charge in [-0.3, -0.25) is 4.79 Å². The Bertz CT molecular complexity index is 597. The number of aromatic nitrogens is 2. The number of hydrogen-bond acceptors (Lipinski definition) is 3. The molecule has 2 heterocycles. The molecule has 24 heavy (non-hydrogen) atoms. The molecule has 1 aromatic rings. The number of nitrogens with two attached hydrogens (primary N) is 1. The highest BCUT2D eigenvalue weighted by atomic mass is 16.1. The van der Waals surface area contributed by atoms with E-state index in [4.69, 9.17) is 10.8 Å². The summed E-state index contributed by atoms with van der Waals surface area (Å²) in [6.45, 7) is 9.73. The fourth-order valence-corrected chi connectivity index (χ4v) is 4.60. The van der Waals surface area contributed by atoms with E-state index < -0.39 is 0 Å². The Morgan fingerprint density at radius 1 is 1.17 bits per heavy atom.